The van der Waals surface area contributed by atoms with Crippen molar-refractivity contribution in [2.45, 2.75) is 32.9 Å². The smallest absolute Gasteiger partial charge is 0.244 e. The summed E-state index contributed by atoms with van der Waals surface area (Å²) in [7, 11) is 0. The average Bonchev–Trinajstić information content (AvgIpc) is 3.59. The van der Waals surface area contributed by atoms with Gasteiger partial charge in [-0.1, -0.05) is 19.9 Å². The number of carbonyl (C=O) groups is 2. The first kappa shape index (κ1) is 23.6. The second kappa shape index (κ2) is 10.2. The van der Waals surface area contributed by atoms with E-state index in [9.17, 15) is 9.59 Å². The lowest BCUT2D eigenvalue weighted by Crippen LogP contribution is -2.61. The van der Waals surface area contributed by atoms with Crippen LogP contribution < -0.4 is 19.7 Å². The fraction of sp³-hybridized carbons (Fsp3) is 0.400. The van der Waals surface area contributed by atoms with Crippen LogP contribution in [0.15, 0.2) is 42.9 Å². The number of fused-ring (bicyclic) bond motifs is 1. The number of benzene rings is 1. The lowest BCUT2D eigenvalue weighted by molar-refractivity contribution is -0.141. The number of piperazine rings is 1. The van der Waals surface area contributed by atoms with E-state index in [4.69, 9.17) is 9.47 Å². The number of amides is 2. The molecule has 11 heteroatoms. The number of imidazole rings is 1. The summed E-state index contributed by atoms with van der Waals surface area (Å²) in [4.78, 5) is 46.3. The Balaban J connectivity index is 1.32. The fourth-order valence-corrected chi connectivity index (χ4v) is 4.37. The molecule has 188 valence electrons. The van der Waals surface area contributed by atoms with Gasteiger partial charge in [-0.25, -0.2) is 15.0 Å². The lowest BCUT2D eigenvalue weighted by atomic mass is 10.1. The maximum absolute atomic E-state index is 13.4. The van der Waals surface area contributed by atoms with Crippen molar-refractivity contribution in [3.63, 3.8) is 0 Å². The number of nitrogens with zero attached hydrogens (tertiary/aromatic N) is 5. The summed E-state index contributed by atoms with van der Waals surface area (Å²) >= 11 is 0. The van der Waals surface area contributed by atoms with E-state index in [2.05, 4.69) is 25.3 Å². The molecule has 1 saturated heterocycles. The van der Waals surface area contributed by atoms with Crippen LogP contribution in [0.3, 0.4) is 0 Å². The number of carbonyl (C=O) groups excluding carboxylic acids is 2. The highest BCUT2D eigenvalue weighted by molar-refractivity contribution is 5.88. The summed E-state index contributed by atoms with van der Waals surface area (Å²) in [6.07, 6.45) is 5.42. The Morgan fingerprint density at radius 1 is 1.14 bits per heavy atom. The fourth-order valence-electron chi connectivity index (χ4n) is 4.37. The Kier molecular flexibility index (Phi) is 6.70. The Morgan fingerprint density at radius 2 is 2.00 bits per heavy atom. The van der Waals surface area contributed by atoms with Crippen molar-refractivity contribution in [2.75, 3.05) is 31.3 Å². The normalized spacial score (nSPS) is 16.9. The van der Waals surface area contributed by atoms with Crippen LogP contribution in [0.2, 0.25) is 0 Å². The quantitative estimate of drug-likeness (QED) is 0.514. The molecule has 1 atom stereocenters. The van der Waals surface area contributed by atoms with Crippen molar-refractivity contribution in [3.05, 3.63) is 48.4 Å². The molecule has 1 aromatic carbocycles. The van der Waals surface area contributed by atoms with Gasteiger partial charge in [0.1, 0.15) is 11.9 Å². The molecule has 2 aromatic heterocycles. The first-order chi connectivity index (χ1) is 17.5. The van der Waals surface area contributed by atoms with E-state index in [1.807, 2.05) is 36.9 Å². The van der Waals surface area contributed by atoms with Gasteiger partial charge in [0.25, 0.3) is 0 Å². The molecule has 1 unspecified atom stereocenters. The Bertz CT molecular complexity index is 1230. The number of aromatic nitrogens is 4. The van der Waals surface area contributed by atoms with Crippen molar-refractivity contribution < 1.29 is 19.1 Å². The summed E-state index contributed by atoms with van der Waals surface area (Å²) in [6, 6.07) is 6.73. The van der Waals surface area contributed by atoms with Crippen LogP contribution in [-0.4, -0.2) is 69.1 Å². The van der Waals surface area contributed by atoms with Crippen molar-refractivity contribution in [3.8, 4) is 23.1 Å². The van der Waals surface area contributed by atoms with Crippen LogP contribution in [0.4, 0.5) is 5.82 Å². The van der Waals surface area contributed by atoms with Crippen molar-refractivity contribution in [1.29, 1.82) is 0 Å². The zero-order valence-corrected chi connectivity index (χ0v) is 20.3. The molecular formula is C25H29N7O4. The molecule has 4 heterocycles. The minimum Gasteiger partial charge on any atom is -0.454 e. The SMILES string of the molecule is CC(C)CC(=O)N1CCN(c2ccnc(-c3ncc[nH]3)n2)CC1C(=O)NCc1ccc2c(c1)OCO2. The molecule has 0 spiro atoms. The number of nitrogens with one attached hydrogen (secondary N) is 2. The van der Waals surface area contributed by atoms with Gasteiger partial charge in [-0.2, -0.15) is 0 Å². The molecule has 0 radical (unpaired) electrons. The van der Waals surface area contributed by atoms with Crippen molar-refractivity contribution in [2.24, 2.45) is 5.92 Å². The standard InChI is InChI=1S/C25H29N7O4/c1-16(2)11-22(33)32-10-9-31(21-5-6-26-24(30-21)23-27-7-8-28-23)14-18(32)25(34)29-13-17-3-4-19-20(12-17)36-15-35-19/h3-8,12,16,18H,9-11,13-15H2,1-2H3,(H,27,28)(H,29,34). The van der Waals surface area contributed by atoms with E-state index < -0.39 is 6.04 Å². The molecule has 2 aliphatic rings. The van der Waals surface area contributed by atoms with E-state index in [1.165, 1.54) is 0 Å². The monoisotopic (exact) mass is 491 g/mol. The van der Waals surface area contributed by atoms with Crippen LogP contribution in [0.25, 0.3) is 11.6 Å². The largest absolute Gasteiger partial charge is 0.454 e. The third-order valence-corrected chi connectivity index (χ3v) is 6.16. The van der Waals surface area contributed by atoms with E-state index in [0.29, 0.717) is 61.6 Å². The third-order valence-electron chi connectivity index (χ3n) is 6.16. The number of ether oxygens (including phenoxy) is 2. The molecule has 0 saturated carbocycles. The summed E-state index contributed by atoms with van der Waals surface area (Å²) in [5.74, 6) is 3.04. The predicted molar refractivity (Wildman–Crippen MR) is 131 cm³/mol. The van der Waals surface area contributed by atoms with Gasteiger partial charge in [0, 0.05) is 51.2 Å². The van der Waals surface area contributed by atoms with Crippen LogP contribution in [-0.2, 0) is 16.1 Å². The first-order valence-corrected chi connectivity index (χ1v) is 12.0. The first-order valence-electron chi connectivity index (χ1n) is 12.0. The Labute approximate surface area is 208 Å². The molecular weight excluding hydrogens is 462 g/mol. The molecule has 11 nitrogen and oxygen atoms in total. The molecule has 0 aliphatic carbocycles. The highest BCUT2D eigenvalue weighted by atomic mass is 16.7. The van der Waals surface area contributed by atoms with Gasteiger partial charge in [0.05, 0.1) is 0 Å². The summed E-state index contributed by atoms with van der Waals surface area (Å²) in [5, 5.41) is 3.00. The van der Waals surface area contributed by atoms with E-state index in [0.717, 1.165) is 5.56 Å². The summed E-state index contributed by atoms with van der Waals surface area (Å²) in [5.41, 5.74) is 0.888. The Morgan fingerprint density at radius 3 is 2.81 bits per heavy atom. The molecule has 36 heavy (non-hydrogen) atoms. The lowest BCUT2D eigenvalue weighted by Gasteiger charge is -2.41. The highest BCUT2D eigenvalue weighted by Crippen LogP contribution is 2.32. The molecule has 2 amide bonds. The number of hydrogen-bond acceptors (Lipinski definition) is 8. The van der Waals surface area contributed by atoms with Crippen molar-refractivity contribution >= 4 is 17.6 Å². The maximum Gasteiger partial charge on any atom is 0.244 e. The molecule has 1 fully saturated rings. The topological polar surface area (TPSA) is 126 Å². The van der Waals surface area contributed by atoms with E-state index >= 15 is 0 Å². The number of aromatic amines is 1. The molecule has 5 rings (SSSR count). The second-order valence-corrected chi connectivity index (χ2v) is 9.23. The molecule has 2 aliphatic heterocycles. The van der Waals surface area contributed by atoms with Crippen LogP contribution in [0.5, 0.6) is 11.5 Å². The summed E-state index contributed by atoms with van der Waals surface area (Å²) in [6.45, 7) is 5.82. The predicted octanol–water partition coefficient (Wildman–Crippen LogP) is 1.98. The van der Waals surface area contributed by atoms with Gasteiger partial charge in [-0.3, -0.25) is 9.59 Å². The van der Waals surface area contributed by atoms with E-state index in [-0.39, 0.29) is 24.5 Å². The average molecular weight is 492 g/mol. The number of hydrogen-bond donors (Lipinski definition) is 2. The minimum atomic E-state index is -0.652. The van der Waals surface area contributed by atoms with Crippen molar-refractivity contribution in [1.82, 2.24) is 30.2 Å². The van der Waals surface area contributed by atoms with Gasteiger partial charge < -0.3 is 29.6 Å². The number of rotatable bonds is 7. The second-order valence-electron chi connectivity index (χ2n) is 9.23. The number of anilines is 1. The van der Waals surface area contributed by atoms with Gasteiger partial charge in [0.2, 0.25) is 18.6 Å². The van der Waals surface area contributed by atoms with Gasteiger partial charge in [-0.05, 0) is 29.7 Å². The minimum absolute atomic E-state index is 0.0214. The van der Waals surface area contributed by atoms with Crippen LogP contribution >= 0.6 is 0 Å². The van der Waals surface area contributed by atoms with Gasteiger partial charge >= 0.3 is 0 Å². The maximum atomic E-state index is 13.4. The highest BCUT2D eigenvalue weighted by Gasteiger charge is 2.36. The van der Waals surface area contributed by atoms with Gasteiger partial charge in [-0.15, -0.1) is 0 Å². The van der Waals surface area contributed by atoms with Crippen LogP contribution in [0.1, 0.15) is 25.8 Å². The third kappa shape index (κ3) is 5.09. The van der Waals surface area contributed by atoms with Crippen LogP contribution in [0, 0.1) is 5.92 Å². The van der Waals surface area contributed by atoms with E-state index in [1.54, 1.807) is 29.6 Å². The zero-order chi connectivity index (χ0) is 25.1. The molecule has 3 aromatic rings. The Hall–Kier alpha value is -4.15. The molecule has 2 N–H and O–H groups in total. The number of H-pyrrole nitrogens is 1. The van der Waals surface area contributed by atoms with Gasteiger partial charge in [0.15, 0.2) is 23.1 Å². The zero-order valence-electron chi connectivity index (χ0n) is 20.3. The molecule has 0 bridgehead atoms. The summed E-state index contributed by atoms with van der Waals surface area (Å²) < 4.78 is 10.8.